The number of rotatable bonds is 5. The average Bonchev–Trinajstić information content (AvgIpc) is 2.30. The van der Waals surface area contributed by atoms with Crippen molar-refractivity contribution >= 4 is 21.8 Å². The summed E-state index contributed by atoms with van der Waals surface area (Å²) >= 11 is 3.32. The van der Waals surface area contributed by atoms with Crippen LogP contribution in [0.4, 0.5) is 0 Å². The van der Waals surface area contributed by atoms with E-state index in [-0.39, 0.29) is 12.5 Å². The quantitative estimate of drug-likeness (QED) is 0.902. The Morgan fingerprint density at radius 1 is 1.47 bits per heavy atom. The molecule has 0 radical (unpaired) electrons. The van der Waals surface area contributed by atoms with Crippen LogP contribution in [0.2, 0.25) is 0 Å². The van der Waals surface area contributed by atoms with E-state index in [4.69, 9.17) is 9.84 Å². The molecule has 0 bridgehead atoms. The second-order valence-electron chi connectivity index (χ2n) is 3.80. The van der Waals surface area contributed by atoms with Gasteiger partial charge in [-0.1, -0.05) is 15.9 Å². The number of ether oxygens (including phenoxy) is 1. The average molecular weight is 302 g/mol. The molecule has 94 valence electrons. The van der Waals surface area contributed by atoms with E-state index >= 15 is 0 Å². The standard InChI is InChI=1S/C12H16BrNO3/c1-14(2)12(16)5-6-17-11-4-3-10(13)7-9(11)8-15/h3-4,7,15H,5-6,8H2,1-2H3. The molecule has 0 aromatic heterocycles. The molecule has 17 heavy (non-hydrogen) atoms. The van der Waals surface area contributed by atoms with Gasteiger partial charge in [-0.25, -0.2) is 0 Å². The van der Waals surface area contributed by atoms with Crippen molar-refractivity contribution in [1.29, 1.82) is 0 Å². The molecule has 1 aromatic rings. The SMILES string of the molecule is CN(C)C(=O)CCOc1ccc(Br)cc1CO. The molecule has 1 aromatic carbocycles. The molecule has 1 amide bonds. The highest BCUT2D eigenvalue weighted by atomic mass is 79.9. The summed E-state index contributed by atoms with van der Waals surface area (Å²) in [5.74, 6) is 0.634. The second-order valence-corrected chi connectivity index (χ2v) is 4.71. The summed E-state index contributed by atoms with van der Waals surface area (Å²) in [5.41, 5.74) is 0.705. The summed E-state index contributed by atoms with van der Waals surface area (Å²) in [5, 5.41) is 9.16. The number of halogens is 1. The Bertz CT molecular complexity index is 393. The first-order valence-corrected chi connectivity index (χ1v) is 6.06. The summed E-state index contributed by atoms with van der Waals surface area (Å²) < 4.78 is 6.36. The number of aliphatic hydroxyl groups is 1. The lowest BCUT2D eigenvalue weighted by Gasteiger charge is -2.12. The Morgan fingerprint density at radius 2 is 2.18 bits per heavy atom. The Kier molecular flexibility index (Phi) is 5.44. The first-order valence-electron chi connectivity index (χ1n) is 5.27. The lowest BCUT2D eigenvalue weighted by atomic mass is 10.2. The van der Waals surface area contributed by atoms with Crippen molar-refractivity contribution in [2.45, 2.75) is 13.0 Å². The zero-order valence-electron chi connectivity index (χ0n) is 9.94. The van der Waals surface area contributed by atoms with Gasteiger partial charge in [-0.15, -0.1) is 0 Å². The molecule has 0 fully saturated rings. The number of hydrogen-bond donors (Lipinski definition) is 1. The van der Waals surface area contributed by atoms with E-state index in [0.717, 1.165) is 4.47 Å². The minimum Gasteiger partial charge on any atom is -0.493 e. The normalized spacial score (nSPS) is 10.1. The van der Waals surface area contributed by atoms with E-state index in [0.29, 0.717) is 24.3 Å². The van der Waals surface area contributed by atoms with E-state index in [1.807, 2.05) is 6.07 Å². The summed E-state index contributed by atoms with van der Waals surface area (Å²) in [6.07, 6.45) is 0.327. The van der Waals surface area contributed by atoms with Crippen LogP contribution in [-0.4, -0.2) is 36.6 Å². The lowest BCUT2D eigenvalue weighted by molar-refractivity contribution is -0.129. The highest BCUT2D eigenvalue weighted by Crippen LogP contribution is 2.23. The minimum atomic E-state index is -0.0869. The first-order chi connectivity index (χ1) is 8.04. The third-order valence-corrected chi connectivity index (χ3v) is 2.76. The summed E-state index contributed by atoms with van der Waals surface area (Å²) in [7, 11) is 3.42. The molecule has 0 saturated heterocycles. The third kappa shape index (κ3) is 4.36. The topological polar surface area (TPSA) is 49.8 Å². The van der Waals surface area contributed by atoms with Gasteiger partial charge in [0.2, 0.25) is 5.91 Å². The number of carbonyl (C=O) groups excluding carboxylic acids is 1. The van der Waals surface area contributed by atoms with Crippen LogP contribution in [0, 0.1) is 0 Å². The van der Waals surface area contributed by atoms with E-state index in [1.54, 1.807) is 26.2 Å². The van der Waals surface area contributed by atoms with Crippen LogP contribution in [0.15, 0.2) is 22.7 Å². The molecule has 1 rings (SSSR count). The number of aliphatic hydroxyl groups excluding tert-OH is 1. The molecule has 0 aliphatic rings. The van der Waals surface area contributed by atoms with Gasteiger partial charge in [0, 0.05) is 24.1 Å². The predicted molar refractivity (Wildman–Crippen MR) is 68.9 cm³/mol. The molecule has 5 heteroatoms. The van der Waals surface area contributed by atoms with Gasteiger partial charge in [-0.3, -0.25) is 4.79 Å². The molecule has 0 heterocycles. The predicted octanol–water partition coefficient (Wildman–Crippen LogP) is 1.80. The van der Waals surface area contributed by atoms with Crippen LogP contribution in [0.25, 0.3) is 0 Å². The van der Waals surface area contributed by atoms with E-state index < -0.39 is 0 Å². The van der Waals surface area contributed by atoms with E-state index in [9.17, 15) is 4.79 Å². The van der Waals surface area contributed by atoms with Crippen LogP contribution in [0.5, 0.6) is 5.75 Å². The molecule has 0 aliphatic heterocycles. The van der Waals surface area contributed by atoms with Crippen molar-refractivity contribution in [3.05, 3.63) is 28.2 Å². The maximum absolute atomic E-state index is 11.3. The zero-order valence-corrected chi connectivity index (χ0v) is 11.5. The van der Waals surface area contributed by atoms with Crippen LogP contribution >= 0.6 is 15.9 Å². The fraction of sp³-hybridized carbons (Fsp3) is 0.417. The molecule has 0 aliphatic carbocycles. The molecule has 0 atom stereocenters. The minimum absolute atomic E-state index is 0.0210. The van der Waals surface area contributed by atoms with Gasteiger partial charge in [0.15, 0.2) is 0 Å². The fourth-order valence-corrected chi connectivity index (χ4v) is 1.69. The van der Waals surface area contributed by atoms with Crippen molar-refractivity contribution in [2.24, 2.45) is 0 Å². The lowest BCUT2D eigenvalue weighted by Crippen LogP contribution is -2.23. The van der Waals surface area contributed by atoms with Crippen molar-refractivity contribution in [3.63, 3.8) is 0 Å². The highest BCUT2D eigenvalue weighted by molar-refractivity contribution is 9.10. The maximum atomic E-state index is 11.3. The number of carbonyl (C=O) groups is 1. The van der Waals surface area contributed by atoms with Crippen molar-refractivity contribution in [1.82, 2.24) is 4.90 Å². The van der Waals surface area contributed by atoms with Gasteiger partial charge in [0.05, 0.1) is 19.6 Å². The van der Waals surface area contributed by atoms with E-state index in [1.165, 1.54) is 4.90 Å². The second kappa shape index (κ2) is 6.61. The van der Waals surface area contributed by atoms with Gasteiger partial charge in [0.25, 0.3) is 0 Å². The van der Waals surface area contributed by atoms with Gasteiger partial charge < -0.3 is 14.7 Å². The van der Waals surface area contributed by atoms with Crippen molar-refractivity contribution in [2.75, 3.05) is 20.7 Å². The maximum Gasteiger partial charge on any atom is 0.225 e. The first kappa shape index (κ1) is 14.0. The number of hydrogen-bond acceptors (Lipinski definition) is 3. The monoisotopic (exact) mass is 301 g/mol. The van der Waals surface area contributed by atoms with Gasteiger partial charge in [0.1, 0.15) is 5.75 Å². The Hall–Kier alpha value is -1.07. The summed E-state index contributed by atoms with van der Waals surface area (Å²) in [6, 6.07) is 5.40. The van der Waals surface area contributed by atoms with Crippen LogP contribution in [0.1, 0.15) is 12.0 Å². The third-order valence-electron chi connectivity index (χ3n) is 2.27. The molecule has 4 nitrogen and oxygen atoms in total. The molecular formula is C12H16BrNO3. The molecule has 0 spiro atoms. The number of amides is 1. The highest BCUT2D eigenvalue weighted by Gasteiger charge is 2.07. The largest absolute Gasteiger partial charge is 0.493 e. The van der Waals surface area contributed by atoms with Crippen LogP contribution < -0.4 is 4.74 Å². The fourth-order valence-electron chi connectivity index (χ4n) is 1.28. The molecule has 0 saturated carbocycles. The molecular weight excluding hydrogens is 286 g/mol. The Morgan fingerprint density at radius 3 is 2.76 bits per heavy atom. The number of nitrogens with zero attached hydrogens (tertiary/aromatic N) is 1. The molecule has 0 unspecified atom stereocenters. The van der Waals surface area contributed by atoms with Crippen LogP contribution in [0.3, 0.4) is 0 Å². The van der Waals surface area contributed by atoms with Crippen molar-refractivity contribution in [3.8, 4) is 5.75 Å². The van der Waals surface area contributed by atoms with Gasteiger partial charge >= 0.3 is 0 Å². The Labute approximate surface area is 109 Å². The zero-order chi connectivity index (χ0) is 12.8. The van der Waals surface area contributed by atoms with E-state index in [2.05, 4.69) is 15.9 Å². The van der Waals surface area contributed by atoms with Crippen molar-refractivity contribution < 1.29 is 14.6 Å². The summed E-state index contributed by atoms with van der Waals surface area (Å²) in [4.78, 5) is 12.9. The van der Waals surface area contributed by atoms with Gasteiger partial charge in [-0.05, 0) is 18.2 Å². The Balaban J connectivity index is 2.54. The van der Waals surface area contributed by atoms with Gasteiger partial charge in [-0.2, -0.15) is 0 Å². The smallest absolute Gasteiger partial charge is 0.225 e. The summed E-state index contributed by atoms with van der Waals surface area (Å²) in [6.45, 7) is 0.224. The number of benzene rings is 1. The molecule has 1 N–H and O–H groups in total. The van der Waals surface area contributed by atoms with Crippen LogP contribution in [-0.2, 0) is 11.4 Å².